The van der Waals surface area contributed by atoms with Gasteiger partial charge in [-0.05, 0) is 63.7 Å². The molecule has 8 heteroatoms. The molecule has 0 fully saturated rings. The van der Waals surface area contributed by atoms with Crippen molar-refractivity contribution in [2.75, 3.05) is 14.2 Å². The smallest absolute Gasteiger partial charge is 0.346 e. The largest absolute Gasteiger partial charge is 0.465 e. The van der Waals surface area contributed by atoms with Gasteiger partial charge in [0.25, 0.3) is 0 Å². The summed E-state index contributed by atoms with van der Waals surface area (Å²) in [6.45, 7) is 0. The molecule has 0 aromatic rings. The van der Waals surface area contributed by atoms with Crippen LogP contribution in [-0.4, -0.2) is 26.2 Å². The molecule has 0 amide bonds. The normalized spacial score (nSPS) is 13.6. The van der Waals surface area contributed by atoms with E-state index in [9.17, 15) is 9.59 Å². The van der Waals surface area contributed by atoms with Gasteiger partial charge in [0, 0.05) is 0 Å². The van der Waals surface area contributed by atoms with Crippen molar-refractivity contribution in [2.24, 2.45) is 0 Å². The second kappa shape index (κ2) is 7.62. The second-order valence-corrected chi connectivity index (χ2v) is 5.41. The van der Waals surface area contributed by atoms with Gasteiger partial charge in [0.05, 0.1) is 23.2 Å². The lowest BCUT2D eigenvalue weighted by atomic mass is 10.4. The molecule has 4 nitrogen and oxygen atoms in total. The molecule has 0 spiro atoms. The molecule has 0 aliphatic heterocycles. The van der Waals surface area contributed by atoms with Crippen LogP contribution in [0, 0.1) is 0 Å². The maximum Gasteiger partial charge on any atom is 0.346 e. The number of carbonyl (C=O) groups excluding carboxylic acids is 2. The molecule has 0 saturated carbocycles. The number of allylic oxidation sites excluding steroid dienone is 2. The quantitative estimate of drug-likeness (QED) is 0.350. The van der Waals surface area contributed by atoms with Crippen molar-refractivity contribution in [1.29, 1.82) is 0 Å². The highest BCUT2D eigenvalue weighted by molar-refractivity contribution is 9.17. The summed E-state index contributed by atoms with van der Waals surface area (Å²) in [5.41, 5.74) is 0. The summed E-state index contributed by atoms with van der Waals surface area (Å²) in [5, 5.41) is 0. The molecule has 0 saturated heterocycles. The van der Waals surface area contributed by atoms with Crippen LogP contribution in [-0.2, 0) is 19.1 Å². The number of hydrogen-bond donors (Lipinski definition) is 0. The van der Waals surface area contributed by atoms with Gasteiger partial charge in [-0.2, -0.15) is 0 Å². The zero-order valence-corrected chi connectivity index (χ0v) is 14.5. The first-order valence-corrected chi connectivity index (χ1v) is 6.81. The van der Waals surface area contributed by atoms with Crippen LogP contribution in [0.5, 0.6) is 0 Å². The molecule has 0 atom stereocenters. The van der Waals surface area contributed by atoms with E-state index in [0.29, 0.717) is 8.96 Å². The Balaban J connectivity index is 5.35. The average molecular weight is 486 g/mol. The first-order valence-electron chi connectivity index (χ1n) is 3.64. The van der Waals surface area contributed by atoms with E-state index in [-0.39, 0.29) is 8.96 Å². The van der Waals surface area contributed by atoms with E-state index < -0.39 is 11.9 Å². The zero-order chi connectivity index (χ0) is 12.9. The van der Waals surface area contributed by atoms with Crippen LogP contribution in [0.2, 0.25) is 0 Å². The Morgan fingerprint density at radius 3 is 1.12 bits per heavy atom. The van der Waals surface area contributed by atoms with Gasteiger partial charge in [-0.3, -0.25) is 0 Å². The summed E-state index contributed by atoms with van der Waals surface area (Å²) in [4.78, 5) is 22.4. The first-order chi connectivity index (χ1) is 7.36. The van der Waals surface area contributed by atoms with Crippen molar-refractivity contribution in [3.05, 3.63) is 17.9 Å². The van der Waals surface area contributed by atoms with Gasteiger partial charge >= 0.3 is 11.9 Å². The molecule has 90 valence electrons. The molecule has 0 unspecified atom stereocenters. The Hall–Kier alpha value is 0.340. The van der Waals surface area contributed by atoms with Crippen molar-refractivity contribution < 1.29 is 19.1 Å². The van der Waals surface area contributed by atoms with E-state index in [1.54, 1.807) is 0 Å². The average Bonchev–Trinajstić information content (AvgIpc) is 2.32. The highest BCUT2D eigenvalue weighted by Crippen LogP contribution is 2.34. The fourth-order valence-corrected chi connectivity index (χ4v) is 2.52. The van der Waals surface area contributed by atoms with Gasteiger partial charge in [-0.15, -0.1) is 0 Å². The molecule has 0 rings (SSSR count). The van der Waals surface area contributed by atoms with Crippen LogP contribution in [0.3, 0.4) is 0 Å². The van der Waals surface area contributed by atoms with E-state index >= 15 is 0 Å². The van der Waals surface area contributed by atoms with E-state index in [2.05, 4.69) is 73.2 Å². The number of methoxy groups -OCH3 is 2. The van der Waals surface area contributed by atoms with Gasteiger partial charge in [-0.1, -0.05) is 0 Å². The zero-order valence-electron chi connectivity index (χ0n) is 8.14. The van der Waals surface area contributed by atoms with E-state index in [4.69, 9.17) is 0 Å². The Kier molecular flexibility index (Phi) is 7.79. The number of hydrogen-bond acceptors (Lipinski definition) is 4. The maximum atomic E-state index is 11.2. The number of esters is 2. The molecule has 0 heterocycles. The van der Waals surface area contributed by atoms with Gasteiger partial charge in [-0.25, -0.2) is 9.59 Å². The molecule has 0 radical (unpaired) electrons. The maximum absolute atomic E-state index is 11.2. The predicted octanol–water partition coefficient (Wildman–Crippen LogP) is 3.34. The van der Waals surface area contributed by atoms with Crippen LogP contribution >= 0.6 is 63.7 Å². The van der Waals surface area contributed by atoms with Crippen molar-refractivity contribution in [2.45, 2.75) is 0 Å². The first kappa shape index (κ1) is 16.3. The Bertz CT molecular complexity index is 336. The fourth-order valence-electron chi connectivity index (χ4n) is 0.551. The molecular weight excluding hydrogens is 480 g/mol. The van der Waals surface area contributed by atoms with Crippen LogP contribution < -0.4 is 0 Å². The SMILES string of the molecule is COC(=O)/C(Br)=C(Br)\C(Br)=C(\Br)C(=O)OC. The van der Waals surface area contributed by atoms with Gasteiger partial charge in [0.15, 0.2) is 0 Å². The predicted molar refractivity (Wildman–Crippen MR) is 73.8 cm³/mol. The van der Waals surface area contributed by atoms with Gasteiger partial charge < -0.3 is 9.47 Å². The Labute approximate surface area is 126 Å². The van der Waals surface area contributed by atoms with E-state index in [1.807, 2.05) is 0 Å². The highest BCUT2D eigenvalue weighted by atomic mass is 79.9. The molecule has 0 N–H and O–H groups in total. The number of halogens is 4. The summed E-state index contributed by atoms with van der Waals surface area (Å²) in [6, 6.07) is 0. The van der Waals surface area contributed by atoms with Crippen LogP contribution in [0.1, 0.15) is 0 Å². The third-order valence-corrected chi connectivity index (χ3v) is 5.93. The van der Waals surface area contributed by atoms with E-state index in [0.717, 1.165) is 0 Å². The Morgan fingerprint density at radius 1 is 0.688 bits per heavy atom. The molecule has 16 heavy (non-hydrogen) atoms. The standard InChI is InChI=1S/C8H6Br4O4/c1-15-7(13)5(11)3(9)4(10)6(12)8(14)16-2/h1-2H3/b5-3-,6-4-. The third kappa shape index (κ3) is 4.31. The molecule has 0 bridgehead atoms. The molecule has 0 aromatic heterocycles. The van der Waals surface area contributed by atoms with Crippen LogP contribution in [0.25, 0.3) is 0 Å². The highest BCUT2D eigenvalue weighted by Gasteiger charge is 2.18. The van der Waals surface area contributed by atoms with E-state index in [1.165, 1.54) is 14.2 Å². The summed E-state index contributed by atoms with van der Waals surface area (Å²) in [6.07, 6.45) is 0. The van der Waals surface area contributed by atoms with Gasteiger partial charge in [0.2, 0.25) is 0 Å². The number of rotatable bonds is 3. The summed E-state index contributed by atoms with van der Waals surface area (Å²) in [7, 11) is 2.49. The topological polar surface area (TPSA) is 52.6 Å². The summed E-state index contributed by atoms with van der Waals surface area (Å²) < 4.78 is 9.95. The molecule has 0 aliphatic carbocycles. The second-order valence-electron chi connectivity index (χ2n) is 2.24. The lowest BCUT2D eigenvalue weighted by Crippen LogP contribution is -2.04. The minimum absolute atomic E-state index is 0.141. The summed E-state index contributed by atoms with van der Waals surface area (Å²) >= 11 is 12.3. The minimum Gasteiger partial charge on any atom is -0.465 e. The Morgan fingerprint density at radius 2 is 0.938 bits per heavy atom. The third-order valence-electron chi connectivity index (χ3n) is 1.31. The van der Waals surface area contributed by atoms with Crippen LogP contribution in [0.15, 0.2) is 17.9 Å². The number of carbonyl (C=O) groups is 2. The lowest BCUT2D eigenvalue weighted by Gasteiger charge is -2.04. The van der Waals surface area contributed by atoms with Gasteiger partial charge in [0.1, 0.15) is 8.96 Å². The molecule has 0 aromatic carbocycles. The van der Waals surface area contributed by atoms with Crippen LogP contribution in [0.4, 0.5) is 0 Å². The lowest BCUT2D eigenvalue weighted by molar-refractivity contribution is -0.136. The van der Waals surface area contributed by atoms with Crippen molar-refractivity contribution in [3.8, 4) is 0 Å². The number of ether oxygens (including phenoxy) is 2. The van der Waals surface area contributed by atoms with Crippen molar-refractivity contribution >= 4 is 75.7 Å². The summed E-state index contributed by atoms with van der Waals surface area (Å²) in [5.74, 6) is -1.15. The van der Waals surface area contributed by atoms with Crippen molar-refractivity contribution in [1.82, 2.24) is 0 Å². The molecule has 0 aliphatic rings. The monoisotopic (exact) mass is 482 g/mol. The fraction of sp³-hybridized carbons (Fsp3) is 0.250. The molecular formula is C8H6Br4O4. The van der Waals surface area contributed by atoms with Crippen molar-refractivity contribution in [3.63, 3.8) is 0 Å². The minimum atomic E-state index is -0.575.